The Kier molecular flexibility index (Phi) is 6.89. The average molecular weight is 362 g/mol. The number of aliphatic hydroxyl groups is 1. The van der Waals surface area contributed by atoms with Crippen molar-refractivity contribution < 1.29 is 14.6 Å². The molecule has 1 N–H and O–H groups in total. The van der Waals surface area contributed by atoms with Gasteiger partial charge in [0.2, 0.25) is 0 Å². The van der Waals surface area contributed by atoms with E-state index in [1.54, 1.807) is 0 Å². The van der Waals surface area contributed by atoms with Gasteiger partial charge >= 0.3 is 0 Å². The molecule has 3 aromatic rings. The Morgan fingerprint density at radius 1 is 0.778 bits per heavy atom. The molecule has 3 heteroatoms. The Morgan fingerprint density at radius 2 is 1.37 bits per heavy atom. The molecule has 0 saturated heterocycles. The van der Waals surface area contributed by atoms with E-state index < -0.39 is 0 Å². The van der Waals surface area contributed by atoms with Gasteiger partial charge in [-0.15, -0.1) is 0 Å². The van der Waals surface area contributed by atoms with E-state index in [4.69, 9.17) is 9.47 Å². The molecular formula is C24H26O3. The van der Waals surface area contributed by atoms with Crippen LogP contribution in [0.15, 0.2) is 78.9 Å². The van der Waals surface area contributed by atoms with Gasteiger partial charge in [0, 0.05) is 12.7 Å². The zero-order chi connectivity index (χ0) is 18.9. The zero-order valence-electron chi connectivity index (χ0n) is 15.7. The van der Waals surface area contributed by atoms with Crippen molar-refractivity contribution in [1.82, 2.24) is 0 Å². The molecule has 0 aliphatic rings. The van der Waals surface area contributed by atoms with Gasteiger partial charge < -0.3 is 14.6 Å². The first-order valence-electron chi connectivity index (χ1n) is 9.34. The zero-order valence-corrected chi connectivity index (χ0v) is 15.7. The Hall–Kier alpha value is -2.78. The van der Waals surface area contributed by atoms with Crippen molar-refractivity contribution in [3.63, 3.8) is 0 Å². The van der Waals surface area contributed by atoms with Crippen molar-refractivity contribution in [3.05, 3.63) is 95.6 Å². The quantitative estimate of drug-likeness (QED) is 0.559. The molecule has 140 valence electrons. The van der Waals surface area contributed by atoms with Crippen LogP contribution in [-0.2, 0) is 13.2 Å². The minimum Gasteiger partial charge on any atom is -0.489 e. The summed E-state index contributed by atoms with van der Waals surface area (Å²) in [5, 5.41) is 9.30. The number of hydrogen-bond acceptors (Lipinski definition) is 3. The van der Waals surface area contributed by atoms with Crippen LogP contribution in [0.3, 0.4) is 0 Å². The summed E-state index contributed by atoms with van der Waals surface area (Å²) in [6.45, 7) is 3.28. The van der Waals surface area contributed by atoms with Gasteiger partial charge in [-0.3, -0.25) is 0 Å². The molecule has 0 fully saturated rings. The highest BCUT2D eigenvalue weighted by atomic mass is 16.5. The molecule has 0 heterocycles. The number of ether oxygens (including phenoxy) is 2. The maximum absolute atomic E-state index is 9.30. The third-order valence-corrected chi connectivity index (χ3v) is 4.56. The van der Waals surface area contributed by atoms with Crippen molar-refractivity contribution in [2.24, 2.45) is 0 Å². The van der Waals surface area contributed by atoms with Crippen molar-refractivity contribution in [2.75, 3.05) is 6.61 Å². The second kappa shape index (κ2) is 9.79. The Balaban J connectivity index is 1.75. The molecule has 0 aliphatic heterocycles. The second-order valence-electron chi connectivity index (χ2n) is 6.66. The molecule has 1 atom stereocenters. The van der Waals surface area contributed by atoms with Crippen LogP contribution in [0.5, 0.6) is 11.5 Å². The summed E-state index contributed by atoms with van der Waals surface area (Å²) in [5.74, 6) is 1.80. The molecule has 3 aromatic carbocycles. The van der Waals surface area contributed by atoms with Crippen molar-refractivity contribution in [1.29, 1.82) is 0 Å². The molecule has 1 unspecified atom stereocenters. The highest BCUT2D eigenvalue weighted by Gasteiger charge is 2.13. The number of rotatable bonds is 9. The highest BCUT2D eigenvalue weighted by Crippen LogP contribution is 2.33. The molecule has 0 radical (unpaired) electrons. The number of hydrogen-bond donors (Lipinski definition) is 1. The summed E-state index contributed by atoms with van der Waals surface area (Å²) in [5.41, 5.74) is 3.34. The van der Waals surface area contributed by atoms with Gasteiger partial charge in [-0.1, -0.05) is 73.7 Å². The first-order chi connectivity index (χ1) is 13.3. The molecular weight excluding hydrogens is 336 g/mol. The summed E-state index contributed by atoms with van der Waals surface area (Å²) in [4.78, 5) is 0. The predicted molar refractivity (Wildman–Crippen MR) is 108 cm³/mol. The van der Waals surface area contributed by atoms with Crippen molar-refractivity contribution in [3.8, 4) is 11.5 Å². The van der Waals surface area contributed by atoms with Crippen LogP contribution in [0.2, 0.25) is 0 Å². The maximum atomic E-state index is 9.30. The summed E-state index contributed by atoms with van der Waals surface area (Å²) in [6.07, 6.45) is 0.700. The van der Waals surface area contributed by atoms with E-state index >= 15 is 0 Å². The number of benzene rings is 3. The molecule has 3 nitrogen and oxygen atoms in total. The summed E-state index contributed by atoms with van der Waals surface area (Å²) < 4.78 is 12.1. The molecule has 0 spiro atoms. The molecule has 3 rings (SSSR count). The summed E-state index contributed by atoms with van der Waals surface area (Å²) in [6, 6.07) is 26.2. The monoisotopic (exact) mass is 362 g/mol. The molecule has 27 heavy (non-hydrogen) atoms. The minimum atomic E-state index is 0.158. The van der Waals surface area contributed by atoms with Crippen LogP contribution < -0.4 is 9.47 Å². The second-order valence-corrected chi connectivity index (χ2v) is 6.66. The van der Waals surface area contributed by atoms with E-state index in [9.17, 15) is 5.11 Å². The van der Waals surface area contributed by atoms with Gasteiger partial charge in [0.05, 0.1) is 0 Å². The van der Waals surface area contributed by atoms with E-state index in [1.807, 2.05) is 78.9 Å². The van der Waals surface area contributed by atoms with Crippen LogP contribution in [-0.4, -0.2) is 11.7 Å². The topological polar surface area (TPSA) is 38.7 Å². The third kappa shape index (κ3) is 5.60. The Labute approximate surface area is 161 Å². The van der Waals surface area contributed by atoms with Crippen LogP contribution in [0.1, 0.15) is 36.0 Å². The van der Waals surface area contributed by atoms with Gasteiger partial charge in [-0.25, -0.2) is 0 Å². The highest BCUT2D eigenvalue weighted by molar-refractivity contribution is 5.43. The van der Waals surface area contributed by atoms with E-state index in [0.29, 0.717) is 19.6 Å². The van der Waals surface area contributed by atoms with Gasteiger partial charge in [-0.2, -0.15) is 0 Å². The molecule has 0 saturated carbocycles. The smallest absolute Gasteiger partial charge is 0.126 e. The minimum absolute atomic E-state index is 0.158. The lowest BCUT2D eigenvalue weighted by Gasteiger charge is -2.18. The largest absolute Gasteiger partial charge is 0.489 e. The summed E-state index contributed by atoms with van der Waals surface area (Å²) >= 11 is 0. The maximum Gasteiger partial charge on any atom is 0.126 e. The standard InChI is InChI=1S/C24H26O3/c1-19(14-15-25)23-13-12-22(26-17-20-8-4-2-5-9-20)16-24(23)27-18-21-10-6-3-7-11-21/h2-13,16,19,25H,14-15,17-18H2,1H3. The predicted octanol–water partition coefficient (Wildman–Crippen LogP) is 5.33. The third-order valence-electron chi connectivity index (χ3n) is 4.56. The molecule has 0 aromatic heterocycles. The fraction of sp³-hybridized carbons (Fsp3) is 0.250. The molecule has 0 amide bonds. The lowest BCUT2D eigenvalue weighted by Crippen LogP contribution is -2.04. The lowest BCUT2D eigenvalue weighted by atomic mass is 9.97. The van der Waals surface area contributed by atoms with Crippen LogP contribution >= 0.6 is 0 Å². The molecule has 0 aliphatic carbocycles. The fourth-order valence-electron chi connectivity index (χ4n) is 2.96. The van der Waals surface area contributed by atoms with Crippen molar-refractivity contribution >= 4 is 0 Å². The van der Waals surface area contributed by atoms with E-state index in [-0.39, 0.29) is 12.5 Å². The van der Waals surface area contributed by atoms with E-state index in [1.165, 1.54) is 0 Å². The van der Waals surface area contributed by atoms with Gasteiger partial charge in [-0.05, 0) is 35.1 Å². The lowest BCUT2D eigenvalue weighted by molar-refractivity contribution is 0.270. The van der Waals surface area contributed by atoms with Gasteiger partial charge in [0.1, 0.15) is 24.7 Å². The van der Waals surface area contributed by atoms with Gasteiger partial charge in [0.15, 0.2) is 0 Å². The Morgan fingerprint density at radius 3 is 1.96 bits per heavy atom. The Bertz CT molecular complexity index is 816. The normalized spacial score (nSPS) is 11.8. The van der Waals surface area contributed by atoms with Crippen LogP contribution in [0, 0.1) is 0 Å². The first kappa shape index (κ1) is 19.0. The van der Waals surface area contributed by atoms with Crippen LogP contribution in [0.4, 0.5) is 0 Å². The van der Waals surface area contributed by atoms with E-state index in [0.717, 1.165) is 28.2 Å². The van der Waals surface area contributed by atoms with Gasteiger partial charge in [0.25, 0.3) is 0 Å². The number of aliphatic hydroxyl groups excluding tert-OH is 1. The fourth-order valence-corrected chi connectivity index (χ4v) is 2.96. The molecule has 0 bridgehead atoms. The van der Waals surface area contributed by atoms with Crippen molar-refractivity contribution in [2.45, 2.75) is 32.5 Å². The summed E-state index contributed by atoms with van der Waals surface area (Å²) in [7, 11) is 0. The van der Waals surface area contributed by atoms with Crippen LogP contribution in [0.25, 0.3) is 0 Å². The SMILES string of the molecule is CC(CCO)c1ccc(OCc2ccccc2)cc1OCc1ccccc1. The first-order valence-corrected chi connectivity index (χ1v) is 9.34. The van der Waals surface area contributed by atoms with E-state index in [2.05, 4.69) is 6.92 Å². The average Bonchev–Trinajstić information content (AvgIpc) is 2.72.